The zero-order chi connectivity index (χ0) is 18.7. The molecule has 1 N–H and O–H groups in total. The molecule has 1 heterocycles. The Morgan fingerprint density at radius 2 is 2.00 bits per heavy atom. The number of fused-ring (bicyclic) bond motifs is 1. The number of rotatable bonds is 6. The lowest BCUT2D eigenvalue weighted by Gasteiger charge is -2.13. The molecule has 8 nitrogen and oxygen atoms in total. The van der Waals surface area contributed by atoms with Gasteiger partial charge >= 0.3 is 5.76 Å². The second kappa shape index (κ2) is 7.22. The minimum Gasteiger partial charge on any atom is -0.407 e. The predicted molar refractivity (Wildman–Crippen MR) is 95.0 cm³/mol. The van der Waals surface area contributed by atoms with Crippen molar-refractivity contribution in [1.29, 1.82) is 0 Å². The minimum absolute atomic E-state index is 0.0784. The van der Waals surface area contributed by atoms with Gasteiger partial charge in [-0.2, -0.15) is 0 Å². The smallest absolute Gasteiger partial charge is 0.407 e. The van der Waals surface area contributed by atoms with Crippen LogP contribution in [0, 0.1) is 10.1 Å². The molecule has 1 aromatic heterocycles. The SMILES string of the molecule is C[C@@H](CNC(=O)Cn1c(=O)oc2cc([N+](=O)[O-])ccc21)c1ccccc1. The number of nitro groups is 1. The van der Waals surface area contributed by atoms with Gasteiger partial charge in [0.1, 0.15) is 6.54 Å². The summed E-state index contributed by atoms with van der Waals surface area (Å²) in [5.74, 6) is -0.941. The fourth-order valence-corrected chi connectivity index (χ4v) is 2.68. The average Bonchev–Trinajstić information content (AvgIpc) is 2.95. The summed E-state index contributed by atoms with van der Waals surface area (Å²) in [7, 11) is 0. The number of non-ortho nitro benzene ring substituents is 1. The number of aromatic nitrogens is 1. The molecule has 1 atom stereocenters. The molecule has 26 heavy (non-hydrogen) atoms. The molecule has 0 aliphatic rings. The Labute approximate surface area is 148 Å². The monoisotopic (exact) mass is 355 g/mol. The topological polar surface area (TPSA) is 107 Å². The Kier molecular flexibility index (Phi) is 4.83. The number of carbonyl (C=O) groups excluding carboxylic acids is 1. The molecule has 2 aromatic carbocycles. The molecule has 0 unspecified atom stereocenters. The molecule has 0 aliphatic heterocycles. The van der Waals surface area contributed by atoms with E-state index in [1.165, 1.54) is 18.2 Å². The largest absolute Gasteiger partial charge is 0.420 e. The summed E-state index contributed by atoms with van der Waals surface area (Å²) in [5.41, 5.74) is 1.34. The molecule has 0 radical (unpaired) electrons. The van der Waals surface area contributed by atoms with Crippen molar-refractivity contribution in [2.24, 2.45) is 0 Å². The van der Waals surface area contributed by atoms with Crippen molar-refractivity contribution < 1.29 is 14.1 Å². The van der Waals surface area contributed by atoms with Crippen LogP contribution in [0.2, 0.25) is 0 Å². The van der Waals surface area contributed by atoms with E-state index in [-0.39, 0.29) is 29.6 Å². The molecule has 0 spiro atoms. The van der Waals surface area contributed by atoms with Crippen LogP contribution in [-0.4, -0.2) is 21.9 Å². The van der Waals surface area contributed by atoms with E-state index in [0.717, 1.165) is 10.1 Å². The van der Waals surface area contributed by atoms with Crippen LogP contribution in [0.4, 0.5) is 5.69 Å². The molecule has 8 heteroatoms. The molecule has 0 bridgehead atoms. The third-order valence-corrected chi connectivity index (χ3v) is 4.14. The molecule has 134 valence electrons. The lowest BCUT2D eigenvalue weighted by molar-refractivity contribution is -0.384. The first kappa shape index (κ1) is 17.4. The van der Waals surface area contributed by atoms with Gasteiger partial charge in [0.15, 0.2) is 5.58 Å². The first-order chi connectivity index (χ1) is 12.5. The van der Waals surface area contributed by atoms with Gasteiger partial charge in [0.25, 0.3) is 5.69 Å². The highest BCUT2D eigenvalue weighted by Gasteiger charge is 2.16. The van der Waals surface area contributed by atoms with Crippen LogP contribution in [-0.2, 0) is 11.3 Å². The molecule has 0 aliphatic carbocycles. The third-order valence-electron chi connectivity index (χ3n) is 4.14. The number of nitrogens with one attached hydrogen (secondary N) is 1. The van der Waals surface area contributed by atoms with Gasteiger partial charge in [0, 0.05) is 12.6 Å². The maximum atomic E-state index is 12.2. The maximum absolute atomic E-state index is 12.2. The van der Waals surface area contributed by atoms with E-state index in [2.05, 4.69) is 5.32 Å². The van der Waals surface area contributed by atoms with Crippen LogP contribution in [0.3, 0.4) is 0 Å². The first-order valence-corrected chi connectivity index (χ1v) is 8.05. The highest BCUT2D eigenvalue weighted by atomic mass is 16.6. The molecule has 0 saturated heterocycles. The van der Waals surface area contributed by atoms with Gasteiger partial charge in [-0.3, -0.25) is 19.5 Å². The normalized spacial score (nSPS) is 12.0. The summed E-state index contributed by atoms with van der Waals surface area (Å²) in [5, 5.41) is 13.6. The van der Waals surface area contributed by atoms with Gasteiger partial charge in [-0.1, -0.05) is 37.3 Å². The van der Waals surface area contributed by atoms with Gasteiger partial charge in [0.2, 0.25) is 5.91 Å². The van der Waals surface area contributed by atoms with Crippen LogP contribution in [0.1, 0.15) is 18.4 Å². The number of nitrogens with zero attached hydrogens (tertiary/aromatic N) is 2. The van der Waals surface area contributed by atoms with Gasteiger partial charge in [0.05, 0.1) is 16.5 Å². The standard InChI is InChI=1S/C18H17N3O5/c1-12(13-5-3-2-4-6-13)10-19-17(22)11-20-15-8-7-14(21(24)25)9-16(15)26-18(20)23/h2-9,12H,10-11H2,1H3,(H,19,22)/t12-/m0/s1. The Morgan fingerprint density at radius 1 is 1.27 bits per heavy atom. The highest BCUT2D eigenvalue weighted by molar-refractivity contribution is 5.80. The highest BCUT2D eigenvalue weighted by Crippen LogP contribution is 2.20. The van der Waals surface area contributed by atoms with E-state index >= 15 is 0 Å². The average molecular weight is 355 g/mol. The van der Waals surface area contributed by atoms with Crippen LogP contribution in [0.5, 0.6) is 0 Å². The fraction of sp³-hybridized carbons (Fsp3) is 0.222. The van der Waals surface area contributed by atoms with Crippen molar-refractivity contribution >= 4 is 22.7 Å². The molecule has 0 fully saturated rings. The van der Waals surface area contributed by atoms with Crippen LogP contribution in [0.25, 0.3) is 11.1 Å². The lowest BCUT2D eigenvalue weighted by atomic mass is 10.0. The molecule has 3 rings (SSSR count). The van der Waals surface area contributed by atoms with Crippen molar-refractivity contribution in [1.82, 2.24) is 9.88 Å². The predicted octanol–water partition coefficient (Wildman–Crippen LogP) is 2.42. The number of nitro benzene ring substituents is 1. The molecule has 0 saturated carbocycles. The molecular weight excluding hydrogens is 338 g/mol. The van der Waals surface area contributed by atoms with Crippen molar-refractivity contribution in [3.63, 3.8) is 0 Å². The van der Waals surface area contributed by atoms with E-state index in [1.54, 1.807) is 0 Å². The second-order valence-corrected chi connectivity index (χ2v) is 5.98. The Balaban J connectivity index is 1.70. The van der Waals surface area contributed by atoms with Gasteiger partial charge in [-0.15, -0.1) is 0 Å². The number of oxazole rings is 1. The van der Waals surface area contributed by atoms with E-state index in [0.29, 0.717) is 12.1 Å². The summed E-state index contributed by atoms with van der Waals surface area (Å²) < 4.78 is 6.16. The summed E-state index contributed by atoms with van der Waals surface area (Å²) in [6, 6.07) is 13.6. The van der Waals surface area contributed by atoms with Crippen molar-refractivity contribution in [3.05, 3.63) is 74.8 Å². The van der Waals surface area contributed by atoms with Crippen molar-refractivity contribution in [2.75, 3.05) is 6.54 Å². The zero-order valence-corrected chi connectivity index (χ0v) is 14.0. The summed E-state index contributed by atoms with van der Waals surface area (Å²) >= 11 is 0. The van der Waals surface area contributed by atoms with Gasteiger partial charge < -0.3 is 9.73 Å². The molecule has 3 aromatic rings. The van der Waals surface area contributed by atoms with Crippen LogP contribution in [0.15, 0.2) is 57.7 Å². The number of hydrogen-bond acceptors (Lipinski definition) is 5. The number of benzene rings is 2. The zero-order valence-electron chi connectivity index (χ0n) is 14.0. The number of amides is 1. The van der Waals surface area contributed by atoms with Gasteiger partial charge in [-0.25, -0.2) is 4.79 Å². The maximum Gasteiger partial charge on any atom is 0.420 e. The Hall–Kier alpha value is -3.42. The van der Waals surface area contributed by atoms with E-state index < -0.39 is 10.7 Å². The fourth-order valence-electron chi connectivity index (χ4n) is 2.68. The third kappa shape index (κ3) is 3.64. The Bertz CT molecular complexity index is 1010. The lowest BCUT2D eigenvalue weighted by Crippen LogP contribution is -2.33. The van der Waals surface area contributed by atoms with Crippen LogP contribution < -0.4 is 11.1 Å². The molecule has 1 amide bonds. The quantitative estimate of drug-likeness (QED) is 0.540. The van der Waals surface area contributed by atoms with Crippen LogP contribution >= 0.6 is 0 Å². The summed E-state index contributed by atoms with van der Waals surface area (Å²) in [6.45, 7) is 2.21. The summed E-state index contributed by atoms with van der Waals surface area (Å²) in [4.78, 5) is 34.4. The molecular formula is C18H17N3O5. The minimum atomic E-state index is -0.730. The van der Waals surface area contributed by atoms with E-state index in [9.17, 15) is 19.7 Å². The van der Waals surface area contributed by atoms with Gasteiger partial charge in [-0.05, 0) is 17.5 Å². The number of carbonyl (C=O) groups is 1. The van der Waals surface area contributed by atoms with Crippen molar-refractivity contribution in [2.45, 2.75) is 19.4 Å². The Morgan fingerprint density at radius 3 is 2.69 bits per heavy atom. The van der Waals surface area contributed by atoms with E-state index in [1.807, 2.05) is 37.3 Å². The van der Waals surface area contributed by atoms with Crippen molar-refractivity contribution in [3.8, 4) is 0 Å². The van der Waals surface area contributed by atoms with E-state index in [4.69, 9.17) is 4.42 Å². The number of hydrogen-bond donors (Lipinski definition) is 1. The first-order valence-electron chi connectivity index (χ1n) is 8.05. The summed E-state index contributed by atoms with van der Waals surface area (Å²) in [6.07, 6.45) is 0. The second-order valence-electron chi connectivity index (χ2n) is 5.98.